The number of carboxylic acids is 1. The van der Waals surface area contributed by atoms with Crippen molar-refractivity contribution in [3.05, 3.63) is 35.4 Å². The number of rotatable bonds is 2. The topological polar surface area (TPSA) is 66.8 Å². The van der Waals surface area contributed by atoms with Gasteiger partial charge in [-0.3, -0.25) is 0 Å². The molecule has 1 fully saturated rings. The number of carbonyl (C=O) groups excluding carboxylic acids is 1. The van der Waals surface area contributed by atoms with Crippen LogP contribution in [-0.4, -0.2) is 35.7 Å². The Morgan fingerprint density at radius 1 is 1.44 bits per heavy atom. The van der Waals surface area contributed by atoms with Gasteiger partial charge in [0, 0.05) is 7.05 Å². The Morgan fingerprint density at radius 3 is 2.50 bits per heavy atom. The predicted octanol–water partition coefficient (Wildman–Crippen LogP) is 1.51. The van der Waals surface area contributed by atoms with Crippen molar-refractivity contribution in [2.75, 3.05) is 13.7 Å². The van der Waals surface area contributed by atoms with E-state index in [2.05, 4.69) is 0 Å². The smallest absolute Gasteiger partial charge is 0.410 e. The van der Waals surface area contributed by atoms with Crippen LogP contribution in [0.25, 0.3) is 0 Å². The van der Waals surface area contributed by atoms with Crippen LogP contribution < -0.4 is 0 Å². The van der Waals surface area contributed by atoms with Crippen LogP contribution in [-0.2, 0) is 4.74 Å². The monoisotopic (exact) mass is 221 g/mol. The van der Waals surface area contributed by atoms with Crippen molar-refractivity contribution in [2.45, 2.75) is 6.04 Å². The number of ether oxygens (including phenoxy) is 1. The van der Waals surface area contributed by atoms with E-state index in [1.54, 1.807) is 19.2 Å². The summed E-state index contributed by atoms with van der Waals surface area (Å²) in [4.78, 5) is 23.3. The largest absolute Gasteiger partial charge is 0.478 e. The second kappa shape index (κ2) is 3.84. The number of hydrogen-bond donors (Lipinski definition) is 1. The number of nitrogens with zero attached hydrogens (tertiary/aromatic N) is 1. The summed E-state index contributed by atoms with van der Waals surface area (Å²) in [6.45, 7) is 0.307. The van der Waals surface area contributed by atoms with Gasteiger partial charge in [0.05, 0.1) is 11.6 Å². The van der Waals surface area contributed by atoms with Gasteiger partial charge in [-0.25, -0.2) is 9.59 Å². The number of carbonyl (C=O) groups is 2. The molecule has 0 radical (unpaired) electrons. The fraction of sp³-hybridized carbons (Fsp3) is 0.273. The fourth-order valence-corrected chi connectivity index (χ4v) is 1.66. The lowest BCUT2D eigenvalue weighted by atomic mass is 10.1. The third-order valence-electron chi connectivity index (χ3n) is 2.66. The molecule has 0 aromatic heterocycles. The van der Waals surface area contributed by atoms with Gasteiger partial charge in [0.2, 0.25) is 0 Å². The van der Waals surface area contributed by atoms with Crippen molar-refractivity contribution in [1.29, 1.82) is 0 Å². The highest BCUT2D eigenvalue weighted by atomic mass is 16.6. The van der Waals surface area contributed by atoms with Crippen LogP contribution in [0.5, 0.6) is 0 Å². The molecule has 5 nitrogen and oxygen atoms in total. The minimum atomic E-state index is -0.960. The molecule has 1 heterocycles. The Kier molecular flexibility index (Phi) is 2.52. The zero-order valence-electron chi connectivity index (χ0n) is 8.71. The van der Waals surface area contributed by atoms with Crippen molar-refractivity contribution < 1.29 is 19.4 Å². The number of amides is 1. The zero-order chi connectivity index (χ0) is 11.7. The highest BCUT2D eigenvalue weighted by molar-refractivity contribution is 5.87. The van der Waals surface area contributed by atoms with E-state index in [9.17, 15) is 9.59 Å². The van der Waals surface area contributed by atoms with Crippen LogP contribution in [0.4, 0.5) is 4.79 Å². The number of benzene rings is 1. The lowest BCUT2D eigenvalue weighted by Crippen LogP contribution is -2.22. The number of aromatic carboxylic acids is 1. The molecule has 0 spiro atoms. The van der Waals surface area contributed by atoms with Crippen molar-refractivity contribution in [2.24, 2.45) is 0 Å². The van der Waals surface area contributed by atoms with E-state index >= 15 is 0 Å². The van der Waals surface area contributed by atoms with E-state index in [-0.39, 0.29) is 17.7 Å². The Morgan fingerprint density at radius 2 is 2.06 bits per heavy atom. The first kappa shape index (κ1) is 10.5. The molecule has 1 saturated heterocycles. The van der Waals surface area contributed by atoms with E-state index < -0.39 is 5.97 Å². The lowest BCUT2D eigenvalue weighted by molar-refractivity contribution is 0.0696. The predicted molar refractivity (Wildman–Crippen MR) is 55.3 cm³/mol. The SMILES string of the molecule is CN1C(=O)OCC1c1ccc(C(=O)O)cc1. The number of cyclic esters (lactones) is 1. The molecule has 2 rings (SSSR count). The van der Waals surface area contributed by atoms with E-state index in [4.69, 9.17) is 9.84 Å². The molecule has 1 aromatic rings. The first-order chi connectivity index (χ1) is 7.59. The first-order valence-corrected chi connectivity index (χ1v) is 4.82. The molecule has 1 N–H and O–H groups in total. The van der Waals surface area contributed by atoms with Gasteiger partial charge in [0.1, 0.15) is 6.61 Å². The molecule has 0 saturated carbocycles. The summed E-state index contributed by atoms with van der Waals surface area (Å²) in [5, 5.41) is 8.75. The average Bonchev–Trinajstić information content (AvgIpc) is 2.60. The van der Waals surface area contributed by atoms with Gasteiger partial charge < -0.3 is 14.7 Å². The molecule has 1 atom stereocenters. The van der Waals surface area contributed by atoms with E-state index in [0.29, 0.717) is 6.61 Å². The van der Waals surface area contributed by atoms with Gasteiger partial charge in [-0.15, -0.1) is 0 Å². The van der Waals surface area contributed by atoms with Gasteiger partial charge >= 0.3 is 12.1 Å². The summed E-state index contributed by atoms with van der Waals surface area (Å²) in [5.41, 5.74) is 1.11. The van der Waals surface area contributed by atoms with Crippen LogP contribution in [0.2, 0.25) is 0 Å². The van der Waals surface area contributed by atoms with Gasteiger partial charge in [0.25, 0.3) is 0 Å². The van der Waals surface area contributed by atoms with Crippen molar-refractivity contribution in [1.82, 2.24) is 4.90 Å². The van der Waals surface area contributed by atoms with Crippen LogP contribution >= 0.6 is 0 Å². The van der Waals surface area contributed by atoms with E-state index in [0.717, 1.165) is 5.56 Å². The third kappa shape index (κ3) is 1.71. The maximum atomic E-state index is 11.1. The normalized spacial score (nSPS) is 19.7. The Hall–Kier alpha value is -2.04. The maximum absolute atomic E-state index is 11.1. The minimum Gasteiger partial charge on any atom is -0.478 e. The molecular formula is C11H11NO4. The summed E-state index contributed by atoms with van der Waals surface area (Å²) in [6.07, 6.45) is -0.354. The van der Waals surface area contributed by atoms with Gasteiger partial charge in [-0.05, 0) is 17.7 Å². The standard InChI is InChI=1S/C11H11NO4/c1-12-9(6-16-11(12)15)7-2-4-8(5-3-7)10(13)14/h2-5,9H,6H2,1H3,(H,13,14). The summed E-state index contributed by atoms with van der Waals surface area (Å²) in [5.74, 6) is -0.960. The maximum Gasteiger partial charge on any atom is 0.410 e. The summed E-state index contributed by atoms with van der Waals surface area (Å²) in [6, 6.07) is 6.32. The van der Waals surface area contributed by atoms with Crippen molar-refractivity contribution in [3.8, 4) is 0 Å². The molecule has 1 aromatic carbocycles. The molecule has 1 aliphatic rings. The number of likely N-dealkylation sites (N-methyl/N-ethyl adjacent to an activating group) is 1. The highest BCUT2D eigenvalue weighted by Gasteiger charge is 2.30. The van der Waals surface area contributed by atoms with Gasteiger partial charge in [-0.1, -0.05) is 12.1 Å². The number of hydrogen-bond acceptors (Lipinski definition) is 3. The Balaban J connectivity index is 2.22. The quantitative estimate of drug-likeness (QED) is 0.821. The summed E-state index contributed by atoms with van der Waals surface area (Å²) in [7, 11) is 1.66. The molecular weight excluding hydrogens is 210 g/mol. The molecule has 1 aliphatic heterocycles. The number of carboxylic acid groups (broad SMARTS) is 1. The third-order valence-corrected chi connectivity index (χ3v) is 2.66. The highest BCUT2D eigenvalue weighted by Crippen LogP contribution is 2.25. The second-order valence-electron chi connectivity index (χ2n) is 3.63. The van der Waals surface area contributed by atoms with Gasteiger partial charge in [0.15, 0.2) is 0 Å². The van der Waals surface area contributed by atoms with Crippen molar-refractivity contribution in [3.63, 3.8) is 0 Å². The second-order valence-corrected chi connectivity index (χ2v) is 3.63. The van der Waals surface area contributed by atoms with Crippen LogP contribution in [0, 0.1) is 0 Å². The molecule has 1 unspecified atom stereocenters. The van der Waals surface area contributed by atoms with E-state index in [1.165, 1.54) is 17.0 Å². The van der Waals surface area contributed by atoms with E-state index in [1.807, 2.05) is 0 Å². The minimum absolute atomic E-state index is 0.129. The Bertz CT molecular complexity index is 426. The van der Waals surface area contributed by atoms with Gasteiger partial charge in [-0.2, -0.15) is 0 Å². The fourth-order valence-electron chi connectivity index (χ4n) is 1.66. The first-order valence-electron chi connectivity index (χ1n) is 4.82. The lowest BCUT2D eigenvalue weighted by Gasteiger charge is -2.16. The Labute approximate surface area is 92.2 Å². The molecule has 84 valence electrons. The zero-order valence-corrected chi connectivity index (χ0v) is 8.71. The molecule has 0 bridgehead atoms. The van der Waals surface area contributed by atoms with Crippen LogP contribution in [0.3, 0.4) is 0 Å². The summed E-state index contributed by atoms with van der Waals surface area (Å²) >= 11 is 0. The van der Waals surface area contributed by atoms with Crippen LogP contribution in [0.15, 0.2) is 24.3 Å². The van der Waals surface area contributed by atoms with Crippen molar-refractivity contribution >= 4 is 12.1 Å². The molecule has 0 aliphatic carbocycles. The molecule has 5 heteroatoms. The summed E-state index contributed by atoms with van der Waals surface area (Å²) < 4.78 is 4.88. The molecule has 16 heavy (non-hydrogen) atoms. The average molecular weight is 221 g/mol. The van der Waals surface area contributed by atoms with Crippen LogP contribution in [0.1, 0.15) is 22.0 Å². The molecule has 1 amide bonds.